The second-order valence-corrected chi connectivity index (χ2v) is 7.13. The van der Waals surface area contributed by atoms with E-state index in [1.54, 1.807) is 11.3 Å². The first-order chi connectivity index (χ1) is 11.7. The Morgan fingerprint density at radius 1 is 1.42 bits per heavy atom. The first-order valence-corrected chi connectivity index (χ1v) is 9.32. The highest BCUT2D eigenvalue weighted by atomic mass is 32.1. The summed E-state index contributed by atoms with van der Waals surface area (Å²) in [7, 11) is 0. The second-order valence-electron chi connectivity index (χ2n) is 6.25. The van der Waals surface area contributed by atoms with E-state index in [0.29, 0.717) is 12.3 Å². The van der Waals surface area contributed by atoms with E-state index in [0.717, 1.165) is 49.0 Å². The van der Waals surface area contributed by atoms with E-state index in [2.05, 4.69) is 21.5 Å². The van der Waals surface area contributed by atoms with E-state index in [1.165, 1.54) is 0 Å². The summed E-state index contributed by atoms with van der Waals surface area (Å²) in [5, 5.41) is 2.00. The molecule has 126 valence electrons. The van der Waals surface area contributed by atoms with Gasteiger partial charge in [0.25, 0.3) is 0 Å². The molecule has 3 aromatic heterocycles. The summed E-state index contributed by atoms with van der Waals surface area (Å²) in [6.45, 7) is 4.65. The zero-order chi connectivity index (χ0) is 16.5. The van der Waals surface area contributed by atoms with Crippen molar-refractivity contribution >= 4 is 22.2 Å². The number of hydrogen-bond acceptors (Lipinski definition) is 4. The molecule has 7 heteroatoms. The lowest BCUT2D eigenvalue weighted by atomic mass is 9.96. The number of aromatic nitrogens is 4. The average molecular weight is 343 g/mol. The van der Waals surface area contributed by atoms with Crippen molar-refractivity contribution < 1.29 is 4.79 Å². The molecule has 0 radical (unpaired) electrons. The van der Waals surface area contributed by atoms with Crippen LogP contribution in [0.3, 0.4) is 0 Å². The van der Waals surface area contributed by atoms with E-state index >= 15 is 0 Å². The molecule has 0 N–H and O–H groups in total. The molecular weight excluding hydrogens is 322 g/mol. The summed E-state index contributed by atoms with van der Waals surface area (Å²) < 4.78 is 4.16. The smallest absolute Gasteiger partial charge is 0.228 e. The van der Waals surface area contributed by atoms with Gasteiger partial charge in [-0.1, -0.05) is 0 Å². The van der Waals surface area contributed by atoms with Crippen LogP contribution in [0.4, 0.5) is 0 Å². The summed E-state index contributed by atoms with van der Waals surface area (Å²) >= 11 is 1.59. The highest BCUT2D eigenvalue weighted by Gasteiger charge is 2.27. The number of fused-ring (bicyclic) bond motifs is 1. The number of amides is 1. The Bertz CT molecular complexity index is 820. The number of imidazole rings is 2. The summed E-state index contributed by atoms with van der Waals surface area (Å²) in [5.41, 5.74) is 0.851. The Hall–Kier alpha value is -2.15. The number of thiazole rings is 1. The molecule has 0 aliphatic carbocycles. The van der Waals surface area contributed by atoms with Crippen LogP contribution in [-0.4, -0.2) is 42.8 Å². The molecular formula is C17H21N5OS. The Kier molecular flexibility index (Phi) is 4.10. The molecule has 1 aliphatic rings. The zero-order valence-corrected chi connectivity index (χ0v) is 14.6. The highest BCUT2D eigenvalue weighted by molar-refractivity contribution is 7.15. The number of likely N-dealkylation sites (tertiary alicyclic amines) is 1. The minimum absolute atomic E-state index is 0.167. The molecule has 1 atom stereocenters. The van der Waals surface area contributed by atoms with Crippen molar-refractivity contribution in [1.29, 1.82) is 0 Å². The van der Waals surface area contributed by atoms with Gasteiger partial charge in [-0.2, -0.15) is 0 Å². The van der Waals surface area contributed by atoms with Gasteiger partial charge in [0.05, 0.1) is 12.1 Å². The van der Waals surface area contributed by atoms with Crippen LogP contribution in [0.5, 0.6) is 0 Å². The third-order valence-corrected chi connectivity index (χ3v) is 5.47. The van der Waals surface area contributed by atoms with Crippen molar-refractivity contribution in [1.82, 2.24) is 23.8 Å². The lowest BCUT2D eigenvalue weighted by Gasteiger charge is -2.32. The number of carbonyl (C=O) groups is 1. The van der Waals surface area contributed by atoms with Crippen LogP contribution in [0.25, 0.3) is 4.96 Å². The topological polar surface area (TPSA) is 55.4 Å². The third kappa shape index (κ3) is 2.84. The third-order valence-electron chi connectivity index (χ3n) is 4.70. The molecule has 3 aromatic rings. The van der Waals surface area contributed by atoms with Gasteiger partial charge in [0.2, 0.25) is 5.91 Å². The average Bonchev–Trinajstić information content (AvgIpc) is 3.30. The maximum Gasteiger partial charge on any atom is 0.228 e. The van der Waals surface area contributed by atoms with E-state index in [1.807, 2.05) is 39.5 Å². The quantitative estimate of drug-likeness (QED) is 0.731. The minimum atomic E-state index is 0.167. The van der Waals surface area contributed by atoms with Crippen LogP contribution >= 0.6 is 11.3 Å². The van der Waals surface area contributed by atoms with Gasteiger partial charge >= 0.3 is 0 Å². The van der Waals surface area contributed by atoms with Crippen molar-refractivity contribution in [3.63, 3.8) is 0 Å². The molecule has 0 unspecified atom stereocenters. The number of aryl methyl sites for hydroxylation is 1. The first-order valence-electron chi connectivity index (χ1n) is 8.44. The molecule has 1 aliphatic heterocycles. The maximum atomic E-state index is 12.7. The van der Waals surface area contributed by atoms with Gasteiger partial charge in [-0.15, -0.1) is 11.3 Å². The predicted molar refractivity (Wildman–Crippen MR) is 93.2 cm³/mol. The Morgan fingerprint density at radius 3 is 3.17 bits per heavy atom. The minimum Gasteiger partial charge on any atom is -0.342 e. The van der Waals surface area contributed by atoms with Crippen LogP contribution in [0, 0.1) is 0 Å². The Labute approximate surface area is 144 Å². The fraction of sp³-hybridized carbons (Fsp3) is 0.471. The summed E-state index contributed by atoms with van der Waals surface area (Å²) in [4.78, 5) is 24.7. The molecule has 1 saturated heterocycles. The van der Waals surface area contributed by atoms with Gasteiger partial charge in [0, 0.05) is 55.7 Å². The van der Waals surface area contributed by atoms with Crippen molar-refractivity contribution in [3.05, 3.63) is 41.7 Å². The molecule has 1 amide bonds. The van der Waals surface area contributed by atoms with Gasteiger partial charge in [-0.3, -0.25) is 9.20 Å². The normalized spacial score (nSPS) is 18.4. The molecule has 0 bridgehead atoms. The van der Waals surface area contributed by atoms with E-state index in [9.17, 15) is 4.79 Å². The largest absolute Gasteiger partial charge is 0.342 e. The number of nitrogens with zero attached hydrogens (tertiary/aromatic N) is 5. The Balaban J connectivity index is 1.45. The fourth-order valence-electron chi connectivity index (χ4n) is 3.49. The standard InChI is InChI=1S/C17H21N5OS/c1-2-20-7-5-18-16(20)13-4-3-6-21(11-13)15(23)10-14-12-22-8-9-24-17(22)19-14/h5,7-9,12-13H,2-4,6,10-11H2,1H3/t13-/m1/s1. The molecule has 6 nitrogen and oxygen atoms in total. The van der Waals surface area contributed by atoms with Gasteiger partial charge < -0.3 is 9.47 Å². The molecule has 4 rings (SSSR count). The second kappa shape index (κ2) is 6.39. The lowest BCUT2D eigenvalue weighted by molar-refractivity contribution is -0.131. The van der Waals surface area contributed by atoms with Crippen LogP contribution < -0.4 is 0 Å². The highest BCUT2D eigenvalue weighted by Crippen LogP contribution is 2.26. The lowest BCUT2D eigenvalue weighted by Crippen LogP contribution is -2.40. The van der Waals surface area contributed by atoms with Gasteiger partial charge in [-0.05, 0) is 19.8 Å². The van der Waals surface area contributed by atoms with Crippen molar-refractivity contribution in [2.24, 2.45) is 0 Å². The monoisotopic (exact) mass is 343 g/mol. The number of piperidine rings is 1. The van der Waals surface area contributed by atoms with Crippen LogP contribution in [0.2, 0.25) is 0 Å². The van der Waals surface area contributed by atoms with Crippen molar-refractivity contribution in [2.45, 2.75) is 38.6 Å². The van der Waals surface area contributed by atoms with Gasteiger partial charge in [-0.25, -0.2) is 9.97 Å². The fourth-order valence-corrected chi connectivity index (χ4v) is 4.21. The van der Waals surface area contributed by atoms with E-state index < -0.39 is 0 Å². The Morgan fingerprint density at radius 2 is 2.33 bits per heavy atom. The number of carbonyl (C=O) groups excluding carboxylic acids is 1. The molecule has 0 saturated carbocycles. The maximum absolute atomic E-state index is 12.7. The molecule has 4 heterocycles. The first kappa shape index (κ1) is 15.4. The number of hydrogen-bond donors (Lipinski definition) is 0. The molecule has 0 aromatic carbocycles. The number of rotatable bonds is 4. The van der Waals surface area contributed by atoms with Crippen LogP contribution in [0.15, 0.2) is 30.2 Å². The van der Waals surface area contributed by atoms with Crippen molar-refractivity contribution in [2.75, 3.05) is 13.1 Å². The molecule has 0 spiro atoms. The molecule has 24 heavy (non-hydrogen) atoms. The van der Waals surface area contributed by atoms with Crippen LogP contribution in [-0.2, 0) is 17.8 Å². The van der Waals surface area contributed by atoms with Crippen LogP contribution in [0.1, 0.15) is 37.2 Å². The summed E-state index contributed by atoms with van der Waals surface area (Å²) in [6.07, 6.45) is 10.3. The predicted octanol–water partition coefficient (Wildman–Crippen LogP) is 2.56. The summed E-state index contributed by atoms with van der Waals surface area (Å²) in [5.74, 6) is 1.61. The van der Waals surface area contributed by atoms with Crippen molar-refractivity contribution in [3.8, 4) is 0 Å². The zero-order valence-electron chi connectivity index (χ0n) is 13.8. The van der Waals surface area contributed by atoms with E-state index in [4.69, 9.17) is 0 Å². The summed E-state index contributed by atoms with van der Waals surface area (Å²) in [6, 6.07) is 0. The van der Waals surface area contributed by atoms with Gasteiger partial charge in [0.15, 0.2) is 4.96 Å². The van der Waals surface area contributed by atoms with E-state index in [-0.39, 0.29) is 5.91 Å². The van der Waals surface area contributed by atoms with Gasteiger partial charge in [0.1, 0.15) is 5.82 Å². The SMILES string of the molecule is CCn1ccnc1[C@@H]1CCCN(C(=O)Cc2cn3ccsc3n2)C1. The molecule has 1 fully saturated rings.